The second kappa shape index (κ2) is 7.84. The number of ether oxygens (including phenoxy) is 1. The summed E-state index contributed by atoms with van der Waals surface area (Å²) in [4.78, 5) is 17.9. The maximum Gasteiger partial charge on any atom is 0.224 e. The highest BCUT2D eigenvalue weighted by Gasteiger charge is 2.25. The van der Waals surface area contributed by atoms with Crippen molar-refractivity contribution in [1.29, 1.82) is 0 Å². The number of hydrogen-bond donors (Lipinski definition) is 0. The lowest BCUT2D eigenvalue weighted by Crippen LogP contribution is -2.33. The number of nitrogens with zero attached hydrogens (tertiary/aromatic N) is 7. The molecule has 0 amide bonds. The number of methoxy groups -OCH3 is 1. The summed E-state index contributed by atoms with van der Waals surface area (Å²) < 4.78 is 21.5. The molecule has 0 saturated carbocycles. The van der Waals surface area contributed by atoms with E-state index in [9.17, 15) is 4.39 Å². The Morgan fingerprint density at radius 1 is 1.12 bits per heavy atom. The number of rotatable bonds is 3. The summed E-state index contributed by atoms with van der Waals surface area (Å²) in [7, 11) is 1.44. The van der Waals surface area contributed by atoms with Crippen LogP contribution in [0.3, 0.4) is 0 Å². The molecule has 6 rings (SSSR count). The van der Waals surface area contributed by atoms with E-state index < -0.39 is 5.82 Å². The van der Waals surface area contributed by atoms with Gasteiger partial charge in [-0.15, -0.1) is 0 Å². The molecule has 0 bridgehead atoms. The van der Waals surface area contributed by atoms with Gasteiger partial charge in [0.05, 0.1) is 30.7 Å². The summed E-state index contributed by atoms with van der Waals surface area (Å²) >= 11 is 6.20. The zero-order valence-corrected chi connectivity index (χ0v) is 18.8. The summed E-state index contributed by atoms with van der Waals surface area (Å²) in [6.07, 6.45) is 5.58. The van der Waals surface area contributed by atoms with E-state index in [2.05, 4.69) is 30.9 Å². The zero-order chi connectivity index (χ0) is 22.5. The smallest absolute Gasteiger partial charge is 0.224 e. The van der Waals surface area contributed by atoms with Gasteiger partial charge < -0.3 is 14.5 Å². The lowest BCUT2D eigenvalue weighted by atomic mass is 10.0. The van der Waals surface area contributed by atoms with E-state index in [1.807, 2.05) is 23.1 Å². The monoisotopic (exact) mass is 465 g/mol. The topological polar surface area (TPSA) is 72.2 Å². The summed E-state index contributed by atoms with van der Waals surface area (Å²) in [5.41, 5.74) is 3.70. The third-order valence-corrected chi connectivity index (χ3v) is 6.45. The fourth-order valence-corrected chi connectivity index (χ4v) is 4.88. The van der Waals surface area contributed by atoms with Crippen LogP contribution in [0.15, 0.2) is 36.7 Å². The Kier molecular flexibility index (Phi) is 4.79. The van der Waals surface area contributed by atoms with Gasteiger partial charge in [-0.25, -0.2) is 14.1 Å². The number of aromatic nitrogens is 5. The van der Waals surface area contributed by atoms with Gasteiger partial charge in [0.15, 0.2) is 11.6 Å². The van der Waals surface area contributed by atoms with Crippen LogP contribution in [0.1, 0.15) is 17.7 Å². The molecule has 0 unspecified atom stereocenters. The maximum absolute atomic E-state index is 14.3. The largest absolute Gasteiger partial charge is 0.494 e. The lowest BCUT2D eigenvalue weighted by Gasteiger charge is -2.33. The molecule has 33 heavy (non-hydrogen) atoms. The predicted molar refractivity (Wildman–Crippen MR) is 124 cm³/mol. The lowest BCUT2D eigenvalue weighted by molar-refractivity contribution is 0.387. The standard InChI is InChI=1S/C23H21ClFN7O/c1-33-20-10-16-19(11-17(20)25)28-23(24)29-22(16)30-8-4-18-14(13-30)9-15(12-26-18)31-6-2-7-32-21(31)3-5-27-32/h3,5,9-12H,2,4,6-8,13H2,1H3. The van der Waals surface area contributed by atoms with Gasteiger partial charge in [-0.1, -0.05) is 0 Å². The molecule has 3 aromatic heterocycles. The van der Waals surface area contributed by atoms with Gasteiger partial charge >= 0.3 is 0 Å². The van der Waals surface area contributed by atoms with Crippen LogP contribution < -0.4 is 14.5 Å². The molecule has 0 fully saturated rings. The quantitative estimate of drug-likeness (QED) is 0.421. The minimum atomic E-state index is -0.482. The molecule has 0 atom stereocenters. The van der Waals surface area contributed by atoms with Crippen LogP contribution in [-0.2, 0) is 19.5 Å². The van der Waals surface area contributed by atoms with Crippen molar-refractivity contribution < 1.29 is 9.13 Å². The second-order valence-corrected chi connectivity index (χ2v) is 8.55. The van der Waals surface area contributed by atoms with Crippen molar-refractivity contribution >= 4 is 39.8 Å². The van der Waals surface area contributed by atoms with Crippen LogP contribution in [0.4, 0.5) is 21.7 Å². The van der Waals surface area contributed by atoms with Gasteiger partial charge in [0.25, 0.3) is 0 Å². The SMILES string of the molecule is COc1cc2c(N3CCc4ncc(N5CCCn6nccc65)cc4C3)nc(Cl)nc2cc1F. The molecule has 0 N–H and O–H groups in total. The average molecular weight is 466 g/mol. The molecule has 2 aliphatic heterocycles. The third kappa shape index (κ3) is 3.43. The first-order valence-corrected chi connectivity index (χ1v) is 11.2. The normalized spacial score (nSPS) is 15.5. The van der Waals surface area contributed by atoms with Crippen LogP contribution in [0.25, 0.3) is 10.9 Å². The van der Waals surface area contributed by atoms with Gasteiger partial charge in [0.2, 0.25) is 5.28 Å². The fourth-order valence-electron chi connectivity index (χ4n) is 4.71. The summed E-state index contributed by atoms with van der Waals surface area (Å²) in [5.74, 6) is 1.41. The van der Waals surface area contributed by atoms with E-state index in [1.54, 1.807) is 6.07 Å². The number of benzene rings is 1. The van der Waals surface area contributed by atoms with Crippen molar-refractivity contribution in [3.63, 3.8) is 0 Å². The van der Waals surface area contributed by atoms with Gasteiger partial charge in [0.1, 0.15) is 11.6 Å². The number of hydrogen-bond acceptors (Lipinski definition) is 7. The van der Waals surface area contributed by atoms with Crippen molar-refractivity contribution in [2.24, 2.45) is 0 Å². The molecule has 10 heteroatoms. The number of fused-ring (bicyclic) bond motifs is 3. The Bertz CT molecular complexity index is 1370. The van der Waals surface area contributed by atoms with Crippen LogP contribution in [0, 0.1) is 5.82 Å². The first kappa shape index (κ1) is 20.2. The van der Waals surface area contributed by atoms with Crippen LogP contribution in [0.5, 0.6) is 5.75 Å². The predicted octanol–water partition coefficient (Wildman–Crippen LogP) is 4.13. The first-order chi connectivity index (χ1) is 16.1. The Balaban J connectivity index is 1.38. The molecule has 0 saturated heterocycles. The van der Waals surface area contributed by atoms with Crippen molar-refractivity contribution in [3.05, 3.63) is 59.0 Å². The summed E-state index contributed by atoms with van der Waals surface area (Å²) in [5, 5.41) is 5.20. The van der Waals surface area contributed by atoms with Gasteiger partial charge in [-0.3, -0.25) is 4.98 Å². The molecule has 8 nitrogen and oxygen atoms in total. The Labute approximate surface area is 194 Å². The molecule has 168 valence electrons. The maximum atomic E-state index is 14.3. The number of pyridine rings is 1. The Morgan fingerprint density at radius 3 is 2.91 bits per heavy atom. The fraction of sp³-hybridized carbons (Fsp3) is 0.304. The molecular formula is C23H21ClFN7O. The Morgan fingerprint density at radius 2 is 2.03 bits per heavy atom. The average Bonchev–Trinajstić information content (AvgIpc) is 3.31. The molecule has 4 aromatic rings. The first-order valence-electron chi connectivity index (χ1n) is 10.8. The number of aryl methyl sites for hydroxylation is 1. The van der Waals surface area contributed by atoms with E-state index in [-0.39, 0.29) is 11.0 Å². The van der Waals surface area contributed by atoms with Gasteiger partial charge in [-0.2, -0.15) is 10.1 Å². The molecule has 1 aromatic carbocycles. The van der Waals surface area contributed by atoms with Gasteiger partial charge in [-0.05, 0) is 35.7 Å². The van der Waals surface area contributed by atoms with Gasteiger partial charge in [0, 0.05) is 55.8 Å². The van der Waals surface area contributed by atoms with Crippen molar-refractivity contribution in [3.8, 4) is 5.75 Å². The molecular weight excluding hydrogens is 445 g/mol. The Hall–Kier alpha value is -3.46. The van der Waals surface area contributed by atoms with Crippen molar-refractivity contribution in [1.82, 2.24) is 24.7 Å². The minimum absolute atomic E-state index is 0.0846. The van der Waals surface area contributed by atoms with E-state index in [0.717, 1.165) is 55.2 Å². The highest BCUT2D eigenvalue weighted by molar-refractivity contribution is 6.28. The van der Waals surface area contributed by atoms with E-state index in [1.165, 1.54) is 13.2 Å². The van der Waals surface area contributed by atoms with Crippen LogP contribution >= 0.6 is 11.6 Å². The third-order valence-electron chi connectivity index (χ3n) is 6.28. The van der Waals surface area contributed by atoms with E-state index in [0.29, 0.717) is 23.3 Å². The van der Waals surface area contributed by atoms with Crippen LogP contribution in [-0.4, -0.2) is 44.9 Å². The highest BCUT2D eigenvalue weighted by Crippen LogP contribution is 2.35. The van der Waals surface area contributed by atoms with Crippen LogP contribution in [0.2, 0.25) is 5.28 Å². The molecule has 2 aliphatic rings. The second-order valence-electron chi connectivity index (χ2n) is 8.21. The van der Waals surface area contributed by atoms with Crippen molar-refractivity contribution in [2.45, 2.75) is 25.9 Å². The molecule has 0 radical (unpaired) electrons. The number of halogens is 2. The number of anilines is 3. The highest BCUT2D eigenvalue weighted by atomic mass is 35.5. The molecule has 0 spiro atoms. The van der Waals surface area contributed by atoms with E-state index in [4.69, 9.17) is 21.3 Å². The molecule has 5 heterocycles. The summed E-state index contributed by atoms with van der Waals surface area (Å²) in [6.45, 7) is 3.19. The summed E-state index contributed by atoms with van der Waals surface area (Å²) in [6, 6.07) is 7.20. The van der Waals surface area contributed by atoms with Crippen molar-refractivity contribution in [2.75, 3.05) is 30.0 Å². The van der Waals surface area contributed by atoms with E-state index >= 15 is 0 Å². The molecule has 0 aliphatic carbocycles. The minimum Gasteiger partial charge on any atom is -0.494 e. The zero-order valence-electron chi connectivity index (χ0n) is 18.0.